The fourth-order valence-corrected chi connectivity index (χ4v) is 3.93. The molecule has 1 unspecified atom stereocenters. The lowest BCUT2D eigenvalue weighted by molar-refractivity contribution is 0.400. The maximum Gasteiger partial charge on any atom is 0.125 e. The zero-order chi connectivity index (χ0) is 18.7. The molecule has 25 heavy (non-hydrogen) atoms. The minimum absolute atomic E-state index is 0.540. The first-order valence-corrected chi connectivity index (χ1v) is 10.4. The monoisotopic (exact) mass is 344 g/mol. The van der Waals surface area contributed by atoms with Gasteiger partial charge in [0.25, 0.3) is 0 Å². The smallest absolute Gasteiger partial charge is 0.125 e. The Morgan fingerprint density at radius 1 is 1.00 bits per heavy atom. The molecular weight excluding hydrogens is 304 g/mol. The van der Waals surface area contributed by atoms with Crippen LogP contribution in [-0.4, -0.2) is 7.11 Å². The zero-order valence-corrected chi connectivity index (χ0v) is 17.4. The predicted octanol–water partition coefficient (Wildman–Crippen LogP) is 7.98. The van der Waals surface area contributed by atoms with Crippen LogP contribution >= 0.6 is 0 Å². The van der Waals surface area contributed by atoms with Crippen LogP contribution in [0, 0.1) is 13.8 Å². The molecule has 0 aliphatic rings. The summed E-state index contributed by atoms with van der Waals surface area (Å²) >= 11 is 0. The summed E-state index contributed by atoms with van der Waals surface area (Å²) in [5.74, 6) is 1.62. The number of hydrogen-bond donors (Lipinski definition) is 0. The van der Waals surface area contributed by atoms with Crippen LogP contribution in [-0.2, 0) is 0 Å². The summed E-state index contributed by atoms with van der Waals surface area (Å²) in [5, 5.41) is 0. The van der Waals surface area contributed by atoms with Crippen LogP contribution < -0.4 is 4.74 Å². The number of unbranched alkanes of at least 4 members (excludes halogenated alkanes) is 8. The second kappa shape index (κ2) is 12.2. The van der Waals surface area contributed by atoms with Gasteiger partial charge >= 0.3 is 0 Å². The van der Waals surface area contributed by atoms with Crippen molar-refractivity contribution in [3.63, 3.8) is 0 Å². The van der Waals surface area contributed by atoms with E-state index in [1.165, 1.54) is 86.5 Å². The van der Waals surface area contributed by atoms with Gasteiger partial charge in [0.2, 0.25) is 0 Å². The Balaban J connectivity index is 2.48. The van der Waals surface area contributed by atoms with E-state index in [0.717, 1.165) is 5.75 Å². The highest BCUT2D eigenvalue weighted by Gasteiger charge is 2.18. The summed E-state index contributed by atoms with van der Waals surface area (Å²) in [4.78, 5) is 0. The minimum atomic E-state index is 0.540. The molecule has 1 atom stereocenters. The number of benzene rings is 1. The minimum Gasteiger partial charge on any atom is -0.496 e. The number of ether oxygens (including phenoxy) is 1. The molecule has 0 radical (unpaired) electrons. The van der Waals surface area contributed by atoms with Crippen LogP contribution in [0.15, 0.2) is 12.6 Å². The van der Waals surface area contributed by atoms with E-state index in [0.29, 0.717) is 5.92 Å². The number of hydrogen-bond acceptors (Lipinski definition) is 1. The van der Waals surface area contributed by atoms with Gasteiger partial charge in [-0.15, -0.1) is 0 Å². The van der Waals surface area contributed by atoms with Gasteiger partial charge in [0, 0.05) is 5.56 Å². The summed E-state index contributed by atoms with van der Waals surface area (Å²) in [5.41, 5.74) is 5.18. The van der Waals surface area contributed by atoms with E-state index < -0.39 is 0 Å². The van der Waals surface area contributed by atoms with Gasteiger partial charge in [-0.1, -0.05) is 84.3 Å². The molecule has 1 rings (SSSR count). The van der Waals surface area contributed by atoms with E-state index in [1.54, 1.807) is 7.11 Å². The van der Waals surface area contributed by atoms with Crippen LogP contribution in [0.25, 0.3) is 6.08 Å². The van der Waals surface area contributed by atoms with Crippen molar-refractivity contribution in [3.05, 3.63) is 34.9 Å². The van der Waals surface area contributed by atoms with Gasteiger partial charge < -0.3 is 4.74 Å². The van der Waals surface area contributed by atoms with Crippen molar-refractivity contribution in [1.29, 1.82) is 0 Å². The summed E-state index contributed by atoms with van der Waals surface area (Å²) < 4.78 is 5.73. The van der Waals surface area contributed by atoms with E-state index in [1.807, 2.05) is 6.08 Å². The van der Waals surface area contributed by atoms with Crippen molar-refractivity contribution >= 4 is 6.08 Å². The van der Waals surface area contributed by atoms with Crippen LogP contribution in [0.3, 0.4) is 0 Å². The molecule has 1 aromatic carbocycles. The van der Waals surface area contributed by atoms with E-state index in [-0.39, 0.29) is 0 Å². The van der Waals surface area contributed by atoms with E-state index in [2.05, 4.69) is 40.3 Å². The zero-order valence-electron chi connectivity index (χ0n) is 17.4. The maximum atomic E-state index is 5.73. The normalized spacial score (nSPS) is 12.2. The molecule has 1 aromatic rings. The first-order chi connectivity index (χ1) is 12.1. The summed E-state index contributed by atoms with van der Waals surface area (Å²) in [6, 6.07) is 2.19. The molecule has 0 bridgehead atoms. The van der Waals surface area contributed by atoms with Gasteiger partial charge in [-0.05, 0) is 48.9 Å². The van der Waals surface area contributed by atoms with Gasteiger partial charge in [0.05, 0.1) is 7.11 Å². The summed E-state index contributed by atoms with van der Waals surface area (Å²) in [6.07, 6.45) is 15.7. The quantitative estimate of drug-likeness (QED) is 0.329. The standard InChI is InChI=1S/C24H40O/c1-7-9-10-11-12-13-14-15-16-17-19(3)23-21(5)22(8-2)18-20(4)24(23)25-6/h8,18-19H,2,7,9-17H2,1,3-6H3. The molecule has 0 N–H and O–H groups in total. The second-order valence-electron chi connectivity index (χ2n) is 7.58. The first kappa shape index (κ1) is 21.8. The second-order valence-corrected chi connectivity index (χ2v) is 7.58. The Morgan fingerprint density at radius 2 is 1.56 bits per heavy atom. The van der Waals surface area contributed by atoms with Crippen molar-refractivity contribution < 1.29 is 4.74 Å². The van der Waals surface area contributed by atoms with Crippen molar-refractivity contribution in [2.24, 2.45) is 0 Å². The van der Waals surface area contributed by atoms with Gasteiger partial charge in [0.1, 0.15) is 5.75 Å². The van der Waals surface area contributed by atoms with Crippen LogP contribution in [0.2, 0.25) is 0 Å². The lowest BCUT2D eigenvalue weighted by Gasteiger charge is -2.22. The Hall–Kier alpha value is -1.24. The third-order valence-corrected chi connectivity index (χ3v) is 5.47. The average molecular weight is 345 g/mol. The molecule has 0 aliphatic heterocycles. The van der Waals surface area contributed by atoms with Crippen LogP contribution in [0.4, 0.5) is 0 Å². The molecule has 142 valence electrons. The van der Waals surface area contributed by atoms with Gasteiger partial charge in [0.15, 0.2) is 0 Å². The third kappa shape index (κ3) is 6.88. The van der Waals surface area contributed by atoms with Gasteiger partial charge in [-0.3, -0.25) is 0 Å². The molecular formula is C24H40O. The summed E-state index contributed by atoms with van der Waals surface area (Å²) in [6.45, 7) is 12.9. The van der Waals surface area contributed by atoms with Gasteiger partial charge in [-0.25, -0.2) is 0 Å². The molecule has 0 heterocycles. The lowest BCUT2D eigenvalue weighted by Crippen LogP contribution is -2.04. The van der Waals surface area contributed by atoms with Crippen molar-refractivity contribution in [3.8, 4) is 5.75 Å². The van der Waals surface area contributed by atoms with Crippen molar-refractivity contribution in [2.45, 2.75) is 97.8 Å². The average Bonchev–Trinajstić information content (AvgIpc) is 2.61. The van der Waals surface area contributed by atoms with E-state index in [4.69, 9.17) is 4.74 Å². The Labute approximate surface area is 156 Å². The Morgan fingerprint density at radius 3 is 2.08 bits per heavy atom. The predicted molar refractivity (Wildman–Crippen MR) is 113 cm³/mol. The highest BCUT2D eigenvalue weighted by Crippen LogP contribution is 2.37. The highest BCUT2D eigenvalue weighted by atomic mass is 16.5. The van der Waals surface area contributed by atoms with Crippen molar-refractivity contribution in [1.82, 2.24) is 0 Å². The molecule has 0 aliphatic carbocycles. The highest BCUT2D eigenvalue weighted by molar-refractivity contribution is 5.61. The fourth-order valence-electron chi connectivity index (χ4n) is 3.93. The Bertz CT molecular complexity index is 515. The molecule has 0 amide bonds. The van der Waals surface area contributed by atoms with Crippen LogP contribution in [0.5, 0.6) is 5.75 Å². The fraction of sp³-hybridized carbons (Fsp3) is 0.667. The first-order valence-electron chi connectivity index (χ1n) is 10.4. The maximum absolute atomic E-state index is 5.73. The number of aryl methyl sites for hydroxylation is 1. The molecule has 0 spiro atoms. The third-order valence-electron chi connectivity index (χ3n) is 5.47. The van der Waals surface area contributed by atoms with E-state index >= 15 is 0 Å². The topological polar surface area (TPSA) is 9.23 Å². The molecule has 1 heteroatoms. The SMILES string of the molecule is C=Cc1cc(C)c(OC)c(C(C)CCCCCCCCCCC)c1C. The molecule has 1 nitrogen and oxygen atoms in total. The van der Waals surface area contributed by atoms with E-state index in [9.17, 15) is 0 Å². The molecule has 0 fully saturated rings. The van der Waals surface area contributed by atoms with Gasteiger partial charge in [-0.2, -0.15) is 0 Å². The molecule has 0 saturated carbocycles. The number of methoxy groups -OCH3 is 1. The molecule has 0 aromatic heterocycles. The summed E-state index contributed by atoms with van der Waals surface area (Å²) in [7, 11) is 1.80. The lowest BCUT2D eigenvalue weighted by atomic mass is 9.87. The Kier molecular flexibility index (Phi) is 10.6. The van der Waals surface area contributed by atoms with Crippen molar-refractivity contribution in [2.75, 3.05) is 7.11 Å². The number of rotatable bonds is 13. The molecule has 0 saturated heterocycles. The van der Waals surface area contributed by atoms with Crippen LogP contribution in [0.1, 0.15) is 106 Å². The largest absolute Gasteiger partial charge is 0.496 e.